The Morgan fingerprint density at radius 1 is 1.30 bits per heavy atom. The molecule has 4 heteroatoms. The van der Waals surface area contributed by atoms with Gasteiger partial charge in [-0.15, -0.1) is 0 Å². The summed E-state index contributed by atoms with van der Waals surface area (Å²) in [5, 5.41) is 3.03. The Hall–Kier alpha value is -1.06. The first kappa shape index (κ1) is 13.9. The zero-order valence-electron chi connectivity index (χ0n) is 12.8. The van der Waals surface area contributed by atoms with Crippen molar-refractivity contribution in [3.05, 3.63) is 0 Å². The molecule has 0 aromatic heterocycles. The highest BCUT2D eigenvalue weighted by Gasteiger charge is 2.55. The molecule has 3 rings (SSSR count). The van der Waals surface area contributed by atoms with Gasteiger partial charge in [0.05, 0.1) is 0 Å². The molecule has 0 aromatic rings. The van der Waals surface area contributed by atoms with Gasteiger partial charge in [-0.25, -0.2) is 0 Å². The Morgan fingerprint density at radius 3 is 2.45 bits per heavy atom. The van der Waals surface area contributed by atoms with E-state index in [1.807, 2.05) is 18.7 Å². The van der Waals surface area contributed by atoms with Gasteiger partial charge in [-0.05, 0) is 51.4 Å². The number of nitrogens with one attached hydrogen (secondary N) is 1. The van der Waals surface area contributed by atoms with E-state index in [0.29, 0.717) is 12.3 Å². The van der Waals surface area contributed by atoms with Crippen molar-refractivity contribution in [2.75, 3.05) is 0 Å². The monoisotopic (exact) mass is 278 g/mol. The van der Waals surface area contributed by atoms with Gasteiger partial charge in [-0.1, -0.05) is 19.8 Å². The molecule has 0 spiro atoms. The second-order valence-electron chi connectivity index (χ2n) is 7.13. The molecule has 3 atom stereocenters. The van der Waals surface area contributed by atoms with Crippen molar-refractivity contribution >= 4 is 11.8 Å². The zero-order valence-corrected chi connectivity index (χ0v) is 12.8. The second-order valence-corrected chi connectivity index (χ2v) is 7.13. The highest BCUT2D eigenvalue weighted by molar-refractivity contribution is 6.00. The molecule has 4 nitrogen and oxygen atoms in total. The number of hydrogen-bond donors (Lipinski definition) is 1. The van der Waals surface area contributed by atoms with Crippen molar-refractivity contribution in [1.29, 1.82) is 0 Å². The van der Waals surface area contributed by atoms with Crippen molar-refractivity contribution in [1.82, 2.24) is 10.2 Å². The van der Waals surface area contributed by atoms with E-state index in [1.165, 1.54) is 12.8 Å². The maximum atomic E-state index is 13.0. The zero-order chi connectivity index (χ0) is 14.5. The SMILES string of the molecule is CCC1C(=O)NC(C)(C2CC2)C(=O)N1C(C)CC1CC1. The van der Waals surface area contributed by atoms with Gasteiger partial charge < -0.3 is 10.2 Å². The van der Waals surface area contributed by atoms with Crippen LogP contribution in [0.4, 0.5) is 0 Å². The summed E-state index contributed by atoms with van der Waals surface area (Å²) >= 11 is 0. The molecule has 3 unspecified atom stereocenters. The maximum Gasteiger partial charge on any atom is 0.249 e. The fraction of sp³-hybridized carbons (Fsp3) is 0.875. The molecule has 1 heterocycles. The number of nitrogens with zero attached hydrogens (tertiary/aromatic N) is 1. The Bertz CT molecular complexity index is 428. The first-order valence-corrected chi connectivity index (χ1v) is 8.12. The standard InChI is InChI=1S/C16H26N2O2/c1-4-13-14(19)17-16(3,12-7-8-12)15(20)18(13)10(2)9-11-5-6-11/h10-13H,4-9H2,1-3H3,(H,17,19). The molecule has 2 amide bonds. The van der Waals surface area contributed by atoms with Crippen molar-refractivity contribution in [3.63, 3.8) is 0 Å². The van der Waals surface area contributed by atoms with Gasteiger partial charge in [-0.2, -0.15) is 0 Å². The molecular weight excluding hydrogens is 252 g/mol. The van der Waals surface area contributed by atoms with Crippen LogP contribution in [0.5, 0.6) is 0 Å². The van der Waals surface area contributed by atoms with Gasteiger partial charge in [0, 0.05) is 6.04 Å². The van der Waals surface area contributed by atoms with Crippen LogP contribution in [0.2, 0.25) is 0 Å². The molecule has 1 aliphatic heterocycles. The van der Waals surface area contributed by atoms with Crippen LogP contribution in [-0.2, 0) is 9.59 Å². The van der Waals surface area contributed by atoms with E-state index in [2.05, 4.69) is 12.2 Å². The number of carbonyl (C=O) groups excluding carboxylic acids is 2. The van der Waals surface area contributed by atoms with Gasteiger partial charge in [-0.3, -0.25) is 9.59 Å². The molecule has 0 radical (unpaired) electrons. The fourth-order valence-corrected chi connectivity index (χ4v) is 3.71. The summed E-state index contributed by atoms with van der Waals surface area (Å²) in [6.45, 7) is 6.03. The third-order valence-electron chi connectivity index (χ3n) is 5.33. The van der Waals surface area contributed by atoms with E-state index in [9.17, 15) is 9.59 Å². The van der Waals surface area contributed by atoms with Crippen LogP contribution in [0.1, 0.15) is 59.3 Å². The molecule has 1 saturated heterocycles. The Labute approximate surface area is 121 Å². The van der Waals surface area contributed by atoms with Crippen molar-refractivity contribution < 1.29 is 9.59 Å². The van der Waals surface area contributed by atoms with E-state index in [0.717, 1.165) is 25.2 Å². The quantitative estimate of drug-likeness (QED) is 0.837. The topological polar surface area (TPSA) is 49.4 Å². The van der Waals surface area contributed by atoms with Gasteiger partial charge >= 0.3 is 0 Å². The van der Waals surface area contributed by atoms with E-state index in [1.54, 1.807) is 0 Å². The minimum absolute atomic E-state index is 0.0455. The molecule has 0 aromatic carbocycles. The van der Waals surface area contributed by atoms with Crippen molar-refractivity contribution in [2.24, 2.45) is 11.8 Å². The van der Waals surface area contributed by atoms with Crippen LogP contribution < -0.4 is 5.32 Å². The second kappa shape index (κ2) is 4.74. The number of hydrogen-bond acceptors (Lipinski definition) is 2. The summed E-state index contributed by atoms with van der Waals surface area (Å²) in [5.41, 5.74) is -0.652. The molecule has 3 fully saturated rings. The minimum Gasteiger partial charge on any atom is -0.340 e. The fourth-order valence-electron chi connectivity index (χ4n) is 3.71. The summed E-state index contributed by atoms with van der Waals surface area (Å²) in [6, 6.07) is -0.0906. The van der Waals surface area contributed by atoms with Crippen molar-refractivity contribution in [3.8, 4) is 0 Å². The number of rotatable bonds is 5. The summed E-state index contributed by atoms with van der Waals surface area (Å²) in [7, 11) is 0. The average Bonchev–Trinajstić information content (AvgIpc) is 3.25. The van der Waals surface area contributed by atoms with Crippen LogP contribution in [0.15, 0.2) is 0 Å². The highest BCUT2D eigenvalue weighted by Crippen LogP contribution is 2.43. The Morgan fingerprint density at radius 2 is 1.95 bits per heavy atom. The summed E-state index contributed by atoms with van der Waals surface area (Å²) in [6.07, 6.45) is 6.45. The summed E-state index contributed by atoms with van der Waals surface area (Å²) in [5.74, 6) is 1.31. The third kappa shape index (κ3) is 2.23. The minimum atomic E-state index is -0.652. The largest absolute Gasteiger partial charge is 0.340 e. The first-order valence-electron chi connectivity index (χ1n) is 8.12. The Kier molecular flexibility index (Phi) is 3.30. The molecule has 2 saturated carbocycles. The lowest BCUT2D eigenvalue weighted by Crippen LogP contribution is -2.71. The Balaban J connectivity index is 1.84. The van der Waals surface area contributed by atoms with E-state index in [4.69, 9.17) is 0 Å². The van der Waals surface area contributed by atoms with Gasteiger partial charge in [0.15, 0.2) is 0 Å². The lowest BCUT2D eigenvalue weighted by atomic mass is 9.87. The number of piperazine rings is 1. The van der Waals surface area contributed by atoms with E-state index in [-0.39, 0.29) is 23.9 Å². The molecule has 112 valence electrons. The first-order chi connectivity index (χ1) is 9.47. The third-order valence-corrected chi connectivity index (χ3v) is 5.33. The van der Waals surface area contributed by atoms with Crippen LogP contribution in [0, 0.1) is 11.8 Å². The van der Waals surface area contributed by atoms with Crippen LogP contribution in [-0.4, -0.2) is 34.3 Å². The summed E-state index contributed by atoms with van der Waals surface area (Å²) < 4.78 is 0. The molecule has 0 bridgehead atoms. The molecule has 1 N–H and O–H groups in total. The number of carbonyl (C=O) groups is 2. The lowest BCUT2D eigenvalue weighted by Gasteiger charge is -2.47. The molecule has 3 aliphatic rings. The van der Waals surface area contributed by atoms with E-state index < -0.39 is 5.54 Å². The summed E-state index contributed by atoms with van der Waals surface area (Å²) in [4.78, 5) is 27.3. The average molecular weight is 278 g/mol. The van der Waals surface area contributed by atoms with Crippen molar-refractivity contribution in [2.45, 2.75) is 76.9 Å². The molecular formula is C16H26N2O2. The van der Waals surface area contributed by atoms with Crippen LogP contribution in [0.3, 0.4) is 0 Å². The normalized spacial score (nSPS) is 36.0. The number of amides is 2. The van der Waals surface area contributed by atoms with E-state index >= 15 is 0 Å². The van der Waals surface area contributed by atoms with Gasteiger partial charge in [0.25, 0.3) is 0 Å². The lowest BCUT2D eigenvalue weighted by molar-refractivity contribution is -0.158. The molecule has 2 aliphatic carbocycles. The smallest absolute Gasteiger partial charge is 0.249 e. The molecule has 20 heavy (non-hydrogen) atoms. The highest BCUT2D eigenvalue weighted by atomic mass is 16.2. The van der Waals surface area contributed by atoms with Crippen LogP contribution >= 0.6 is 0 Å². The van der Waals surface area contributed by atoms with Crippen LogP contribution in [0.25, 0.3) is 0 Å². The predicted molar refractivity (Wildman–Crippen MR) is 77.0 cm³/mol. The van der Waals surface area contributed by atoms with Gasteiger partial charge in [0.1, 0.15) is 11.6 Å². The van der Waals surface area contributed by atoms with Gasteiger partial charge in [0.2, 0.25) is 11.8 Å². The predicted octanol–water partition coefficient (Wildman–Crippen LogP) is 2.08. The maximum absolute atomic E-state index is 13.0.